The molecule has 0 radical (unpaired) electrons. The van der Waals surface area contributed by atoms with Crippen LogP contribution in [0.25, 0.3) is 22.1 Å². The number of pyridine rings is 1. The van der Waals surface area contributed by atoms with E-state index in [4.69, 9.17) is 31.2 Å². The number of carbonyl (C=O) groups excluding carboxylic acids is 1. The Morgan fingerprint density at radius 2 is 1.91 bits per heavy atom. The maximum absolute atomic E-state index is 14.1. The molecule has 0 bridgehead atoms. The summed E-state index contributed by atoms with van der Waals surface area (Å²) in [6.07, 6.45) is 2.44. The van der Waals surface area contributed by atoms with Gasteiger partial charge in [-0.15, -0.1) is 0 Å². The number of fused-ring (bicyclic) bond motifs is 1. The smallest absolute Gasteiger partial charge is 0.253 e. The molecule has 1 amide bonds. The van der Waals surface area contributed by atoms with Crippen molar-refractivity contribution in [3.8, 4) is 22.6 Å². The predicted molar refractivity (Wildman–Crippen MR) is 129 cm³/mol. The molecule has 0 aliphatic heterocycles. The molecule has 0 aliphatic carbocycles. The molecule has 0 saturated carbocycles. The maximum atomic E-state index is 14.1. The number of hydrogen-bond donors (Lipinski definition) is 1. The third kappa shape index (κ3) is 4.12. The van der Waals surface area contributed by atoms with Crippen molar-refractivity contribution in [2.75, 3.05) is 26.9 Å². The Bertz CT molecular complexity index is 1370. The number of aromatic nitrogens is 1. The summed E-state index contributed by atoms with van der Waals surface area (Å²) in [5, 5.41) is 0.568. The van der Waals surface area contributed by atoms with Crippen molar-refractivity contribution in [1.82, 2.24) is 9.88 Å². The highest BCUT2D eigenvalue weighted by atomic mass is 35.5. The molecule has 0 aliphatic rings. The van der Waals surface area contributed by atoms with Gasteiger partial charge in [0.05, 0.1) is 29.3 Å². The highest BCUT2D eigenvalue weighted by Gasteiger charge is 2.24. The van der Waals surface area contributed by atoms with Gasteiger partial charge in [-0.1, -0.05) is 23.7 Å². The Morgan fingerprint density at radius 3 is 2.56 bits per heavy atom. The van der Waals surface area contributed by atoms with E-state index in [-0.39, 0.29) is 22.5 Å². The van der Waals surface area contributed by atoms with Gasteiger partial charge in [0.15, 0.2) is 11.4 Å². The average molecular weight is 484 g/mol. The third-order valence-corrected chi connectivity index (χ3v) is 5.85. The fourth-order valence-corrected chi connectivity index (χ4v) is 4.02. The molecule has 2 heterocycles. The molecule has 7 nitrogen and oxygen atoms in total. The Kier molecular flexibility index (Phi) is 6.34. The maximum Gasteiger partial charge on any atom is 0.253 e. The zero-order valence-electron chi connectivity index (χ0n) is 19.1. The molecule has 1 unspecified atom stereocenters. The highest BCUT2D eigenvalue weighted by molar-refractivity contribution is 6.31. The van der Waals surface area contributed by atoms with E-state index in [0.717, 1.165) is 11.1 Å². The summed E-state index contributed by atoms with van der Waals surface area (Å²) in [5.74, 6) is 0.0182. The van der Waals surface area contributed by atoms with E-state index in [9.17, 15) is 9.18 Å². The number of furan rings is 1. The van der Waals surface area contributed by atoms with Crippen LogP contribution >= 0.6 is 11.6 Å². The second-order valence-electron chi connectivity index (χ2n) is 7.88. The summed E-state index contributed by atoms with van der Waals surface area (Å²) in [5.41, 5.74) is 8.98. The molecule has 1 atom stereocenters. The summed E-state index contributed by atoms with van der Waals surface area (Å²) in [6.45, 7) is 1.70. The number of nitrogens with zero attached hydrogens (tertiary/aromatic N) is 2. The first-order chi connectivity index (χ1) is 16.2. The topological polar surface area (TPSA) is 90.8 Å². The lowest BCUT2D eigenvalue weighted by molar-refractivity contribution is 0.0827. The van der Waals surface area contributed by atoms with Crippen molar-refractivity contribution in [1.29, 1.82) is 0 Å². The summed E-state index contributed by atoms with van der Waals surface area (Å²) in [4.78, 5) is 17.9. The van der Waals surface area contributed by atoms with Crippen molar-refractivity contribution >= 4 is 34.3 Å². The average Bonchev–Trinajstić information content (AvgIpc) is 3.26. The van der Waals surface area contributed by atoms with Gasteiger partial charge in [-0.25, -0.2) is 9.37 Å². The molecule has 4 rings (SSSR count). The second-order valence-corrected chi connectivity index (χ2v) is 8.26. The lowest BCUT2D eigenvalue weighted by atomic mass is 10.0. The normalized spacial score (nSPS) is 11.9. The molecular formula is C25H23ClFN3O4. The monoisotopic (exact) mass is 483 g/mol. The van der Waals surface area contributed by atoms with E-state index < -0.39 is 11.9 Å². The summed E-state index contributed by atoms with van der Waals surface area (Å²) in [7, 11) is 4.86. The van der Waals surface area contributed by atoms with E-state index in [2.05, 4.69) is 4.98 Å². The number of benzene rings is 2. The quantitative estimate of drug-likeness (QED) is 0.377. The van der Waals surface area contributed by atoms with E-state index in [1.807, 2.05) is 12.1 Å². The number of ether oxygens (including phenoxy) is 2. The SMILES string of the molecule is COc1ccc(F)c(Cl)c1C(C)Oc1c(N)ncc2c(-c3ccc(C(=O)N(C)C)cc3)coc12. The first kappa shape index (κ1) is 23.4. The van der Waals surface area contributed by atoms with Crippen LogP contribution in [0.15, 0.2) is 53.3 Å². The minimum Gasteiger partial charge on any atom is -0.496 e. The van der Waals surface area contributed by atoms with Gasteiger partial charge in [-0.2, -0.15) is 0 Å². The molecule has 176 valence electrons. The molecule has 0 spiro atoms. The van der Waals surface area contributed by atoms with Gasteiger partial charge in [0.2, 0.25) is 5.75 Å². The van der Waals surface area contributed by atoms with Crippen molar-refractivity contribution in [2.24, 2.45) is 0 Å². The van der Waals surface area contributed by atoms with Crippen LogP contribution in [0.4, 0.5) is 10.2 Å². The zero-order chi connectivity index (χ0) is 24.6. The number of halogens is 2. The van der Waals surface area contributed by atoms with Crippen LogP contribution in [0.3, 0.4) is 0 Å². The second kappa shape index (κ2) is 9.23. The standard InChI is InChI=1S/C25H23ClFN3O4/c1-13(20-19(32-4)10-9-18(27)21(20)26)34-23-22-16(11-29-24(23)28)17(12-33-22)14-5-7-15(8-6-14)25(31)30(2)3/h5-13H,1-4H3,(H2,28,29). The summed E-state index contributed by atoms with van der Waals surface area (Å²) >= 11 is 6.20. The van der Waals surface area contributed by atoms with Crippen molar-refractivity contribution in [3.05, 3.63) is 70.8 Å². The van der Waals surface area contributed by atoms with Crippen LogP contribution in [-0.2, 0) is 0 Å². The summed E-state index contributed by atoms with van der Waals surface area (Å²) < 4.78 is 31.4. The van der Waals surface area contributed by atoms with Crippen molar-refractivity contribution in [2.45, 2.75) is 13.0 Å². The van der Waals surface area contributed by atoms with Crippen LogP contribution < -0.4 is 15.2 Å². The Morgan fingerprint density at radius 1 is 1.21 bits per heavy atom. The zero-order valence-corrected chi connectivity index (χ0v) is 19.8. The Labute approximate surface area is 200 Å². The highest BCUT2D eigenvalue weighted by Crippen LogP contribution is 2.42. The minimum atomic E-state index is -0.724. The van der Waals surface area contributed by atoms with Crippen LogP contribution in [0.1, 0.15) is 28.9 Å². The van der Waals surface area contributed by atoms with Crippen LogP contribution in [-0.4, -0.2) is 37.0 Å². The van der Waals surface area contributed by atoms with E-state index in [1.54, 1.807) is 45.6 Å². The fraction of sp³-hybridized carbons (Fsp3) is 0.200. The van der Waals surface area contributed by atoms with Crippen LogP contribution in [0.5, 0.6) is 11.5 Å². The van der Waals surface area contributed by atoms with Crippen LogP contribution in [0, 0.1) is 5.82 Å². The van der Waals surface area contributed by atoms with Gasteiger partial charge in [0.25, 0.3) is 5.91 Å². The molecule has 2 aromatic carbocycles. The lowest BCUT2D eigenvalue weighted by Gasteiger charge is -2.20. The largest absolute Gasteiger partial charge is 0.496 e. The Hall–Kier alpha value is -3.78. The molecule has 34 heavy (non-hydrogen) atoms. The molecule has 2 N–H and O–H groups in total. The first-order valence-corrected chi connectivity index (χ1v) is 10.8. The number of rotatable bonds is 6. The number of hydrogen-bond acceptors (Lipinski definition) is 6. The molecule has 2 aromatic heterocycles. The van der Waals surface area contributed by atoms with Gasteiger partial charge in [-0.05, 0) is 36.8 Å². The fourth-order valence-electron chi connectivity index (χ4n) is 3.71. The molecule has 0 fully saturated rings. The number of amides is 1. The molecule has 4 aromatic rings. The predicted octanol–water partition coefficient (Wildman–Crippen LogP) is 5.72. The van der Waals surface area contributed by atoms with E-state index in [1.165, 1.54) is 24.1 Å². The Balaban J connectivity index is 1.72. The van der Waals surface area contributed by atoms with Gasteiger partial charge < -0.3 is 24.5 Å². The molecular weight excluding hydrogens is 461 g/mol. The van der Waals surface area contributed by atoms with Crippen molar-refractivity contribution in [3.63, 3.8) is 0 Å². The number of nitrogen functional groups attached to an aromatic ring is 1. The minimum absolute atomic E-state index is 0.0887. The number of nitrogens with two attached hydrogens (primary N) is 1. The van der Waals surface area contributed by atoms with Gasteiger partial charge in [-0.3, -0.25) is 4.79 Å². The van der Waals surface area contributed by atoms with E-state index >= 15 is 0 Å². The van der Waals surface area contributed by atoms with Gasteiger partial charge >= 0.3 is 0 Å². The lowest BCUT2D eigenvalue weighted by Crippen LogP contribution is -2.21. The van der Waals surface area contributed by atoms with Gasteiger partial charge in [0, 0.05) is 31.4 Å². The summed E-state index contributed by atoms with van der Waals surface area (Å²) in [6, 6.07) is 9.87. The number of methoxy groups -OCH3 is 1. The van der Waals surface area contributed by atoms with Gasteiger partial charge in [0.1, 0.15) is 17.7 Å². The molecule has 9 heteroatoms. The first-order valence-electron chi connectivity index (χ1n) is 10.4. The van der Waals surface area contributed by atoms with Crippen molar-refractivity contribution < 1.29 is 23.1 Å². The third-order valence-electron chi connectivity index (χ3n) is 5.46. The van der Waals surface area contributed by atoms with E-state index in [0.29, 0.717) is 27.8 Å². The molecule has 0 saturated heterocycles. The number of carbonyl (C=O) groups is 1. The van der Waals surface area contributed by atoms with Crippen LogP contribution in [0.2, 0.25) is 5.02 Å². The number of anilines is 1.